The Morgan fingerprint density at radius 2 is 1.65 bits per heavy atom. The summed E-state index contributed by atoms with van der Waals surface area (Å²) in [5.74, 6) is -0.372. The van der Waals surface area contributed by atoms with E-state index in [0.29, 0.717) is 22.2 Å². The van der Waals surface area contributed by atoms with Gasteiger partial charge in [-0.25, -0.2) is 0 Å². The molecule has 1 N–H and O–H groups in total. The fourth-order valence-electron chi connectivity index (χ4n) is 2.63. The lowest BCUT2D eigenvalue weighted by atomic mass is 10.1. The van der Waals surface area contributed by atoms with Crippen LogP contribution in [0.3, 0.4) is 0 Å². The number of nitrogens with one attached hydrogen (secondary N) is 1. The van der Waals surface area contributed by atoms with Gasteiger partial charge in [0.1, 0.15) is 6.04 Å². The molecule has 26 heavy (non-hydrogen) atoms. The van der Waals surface area contributed by atoms with Gasteiger partial charge in [0.15, 0.2) is 0 Å². The molecule has 0 aliphatic rings. The number of hydrogen-bond donors (Lipinski definition) is 1. The molecule has 0 spiro atoms. The number of halogens is 2. The normalized spacial score (nSPS) is 11.7. The number of hydrogen-bond acceptors (Lipinski definition) is 2. The molecule has 0 radical (unpaired) electrons. The predicted molar refractivity (Wildman–Crippen MR) is 105 cm³/mol. The van der Waals surface area contributed by atoms with E-state index in [4.69, 9.17) is 23.2 Å². The molecule has 0 aromatic heterocycles. The van der Waals surface area contributed by atoms with Crippen LogP contribution in [0.15, 0.2) is 48.5 Å². The van der Waals surface area contributed by atoms with Crippen molar-refractivity contribution in [2.75, 3.05) is 6.54 Å². The Balaban J connectivity index is 2.29. The van der Waals surface area contributed by atoms with Crippen LogP contribution in [0.25, 0.3) is 0 Å². The highest BCUT2D eigenvalue weighted by Crippen LogP contribution is 2.26. The van der Waals surface area contributed by atoms with Gasteiger partial charge < -0.3 is 10.2 Å². The maximum Gasteiger partial charge on any atom is 0.242 e. The molecular formula is C20H22Cl2N2O2. The van der Waals surface area contributed by atoms with E-state index >= 15 is 0 Å². The number of carbonyl (C=O) groups excluding carboxylic acids is 2. The van der Waals surface area contributed by atoms with E-state index in [9.17, 15) is 9.59 Å². The van der Waals surface area contributed by atoms with Crippen molar-refractivity contribution in [2.24, 2.45) is 0 Å². The van der Waals surface area contributed by atoms with Gasteiger partial charge in [-0.05, 0) is 31.5 Å². The van der Waals surface area contributed by atoms with Crippen molar-refractivity contribution in [3.8, 4) is 0 Å². The lowest BCUT2D eigenvalue weighted by Crippen LogP contribution is -2.48. The van der Waals surface area contributed by atoms with Crippen molar-refractivity contribution in [2.45, 2.75) is 32.9 Å². The molecule has 4 nitrogen and oxygen atoms in total. The standard InChI is InChI=1S/C20H22Cl2N2O2/c1-3-23-20(26)14(2)24(13-16-17(21)10-7-11-18(16)22)19(25)12-15-8-5-4-6-9-15/h4-11,14H,3,12-13H2,1-2H3,(H,23,26). The third kappa shape index (κ3) is 5.23. The smallest absolute Gasteiger partial charge is 0.242 e. The molecule has 0 bridgehead atoms. The van der Waals surface area contributed by atoms with E-state index in [2.05, 4.69) is 5.32 Å². The second kappa shape index (κ2) is 9.60. The minimum absolute atomic E-state index is 0.161. The highest BCUT2D eigenvalue weighted by atomic mass is 35.5. The van der Waals surface area contributed by atoms with E-state index in [-0.39, 0.29) is 24.8 Å². The van der Waals surface area contributed by atoms with Gasteiger partial charge in [0.25, 0.3) is 0 Å². The third-order valence-corrected chi connectivity index (χ3v) is 4.81. The van der Waals surface area contributed by atoms with Gasteiger partial charge in [-0.15, -0.1) is 0 Å². The van der Waals surface area contributed by atoms with Crippen molar-refractivity contribution < 1.29 is 9.59 Å². The SMILES string of the molecule is CCNC(=O)C(C)N(Cc1c(Cl)cccc1Cl)C(=O)Cc1ccccc1. The minimum atomic E-state index is -0.640. The van der Waals surface area contributed by atoms with Gasteiger partial charge in [0.2, 0.25) is 11.8 Å². The monoisotopic (exact) mass is 392 g/mol. The fraction of sp³-hybridized carbons (Fsp3) is 0.300. The molecule has 2 rings (SSSR count). The summed E-state index contributed by atoms with van der Waals surface area (Å²) in [7, 11) is 0. The maximum atomic E-state index is 12.9. The molecule has 0 heterocycles. The highest BCUT2D eigenvalue weighted by Gasteiger charge is 2.27. The maximum absolute atomic E-state index is 12.9. The van der Waals surface area contributed by atoms with E-state index < -0.39 is 6.04 Å². The lowest BCUT2D eigenvalue weighted by Gasteiger charge is -2.29. The van der Waals surface area contributed by atoms with Gasteiger partial charge >= 0.3 is 0 Å². The van der Waals surface area contributed by atoms with Crippen LogP contribution in [0, 0.1) is 0 Å². The molecule has 0 saturated carbocycles. The number of benzene rings is 2. The van der Waals surface area contributed by atoms with Crippen LogP contribution in [0.4, 0.5) is 0 Å². The van der Waals surface area contributed by atoms with Gasteiger partial charge in [-0.3, -0.25) is 9.59 Å². The molecule has 0 fully saturated rings. The first-order valence-electron chi connectivity index (χ1n) is 8.48. The van der Waals surface area contributed by atoms with Crippen LogP contribution in [0.5, 0.6) is 0 Å². The van der Waals surface area contributed by atoms with Gasteiger partial charge in [0.05, 0.1) is 6.42 Å². The number of carbonyl (C=O) groups is 2. The van der Waals surface area contributed by atoms with E-state index in [1.807, 2.05) is 37.3 Å². The third-order valence-electron chi connectivity index (χ3n) is 4.11. The van der Waals surface area contributed by atoms with Crippen LogP contribution in [-0.2, 0) is 22.6 Å². The number of nitrogens with zero attached hydrogens (tertiary/aromatic N) is 1. The molecule has 2 amide bonds. The lowest BCUT2D eigenvalue weighted by molar-refractivity contribution is -0.140. The molecule has 2 aromatic carbocycles. The van der Waals surface area contributed by atoms with Crippen molar-refractivity contribution in [3.63, 3.8) is 0 Å². The van der Waals surface area contributed by atoms with E-state index in [1.165, 1.54) is 4.90 Å². The van der Waals surface area contributed by atoms with Crippen LogP contribution in [0.2, 0.25) is 10.0 Å². The first kappa shape index (κ1) is 20.3. The van der Waals surface area contributed by atoms with Crippen molar-refractivity contribution >= 4 is 35.0 Å². The van der Waals surface area contributed by atoms with Crippen LogP contribution < -0.4 is 5.32 Å². The summed E-state index contributed by atoms with van der Waals surface area (Å²) in [5, 5.41) is 3.70. The van der Waals surface area contributed by atoms with Crippen LogP contribution in [0.1, 0.15) is 25.0 Å². The second-order valence-electron chi connectivity index (χ2n) is 5.95. The summed E-state index contributed by atoms with van der Waals surface area (Å²) < 4.78 is 0. The van der Waals surface area contributed by atoms with E-state index in [1.54, 1.807) is 25.1 Å². The molecule has 1 atom stereocenters. The summed E-state index contributed by atoms with van der Waals surface area (Å²) >= 11 is 12.5. The number of likely N-dealkylation sites (N-methyl/N-ethyl adjacent to an activating group) is 1. The summed E-state index contributed by atoms with van der Waals surface area (Å²) in [6.07, 6.45) is 0.201. The Kier molecular flexibility index (Phi) is 7.49. The molecule has 1 unspecified atom stereocenters. The summed E-state index contributed by atoms with van der Waals surface area (Å²) in [4.78, 5) is 26.8. The molecule has 0 saturated heterocycles. The Labute approximate surface area is 164 Å². The Bertz CT molecular complexity index is 745. The highest BCUT2D eigenvalue weighted by molar-refractivity contribution is 6.36. The zero-order valence-electron chi connectivity index (χ0n) is 14.8. The average Bonchev–Trinajstić information content (AvgIpc) is 2.62. The quantitative estimate of drug-likeness (QED) is 0.771. The molecule has 0 aliphatic carbocycles. The number of rotatable bonds is 7. The van der Waals surface area contributed by atoms with Gasteiger partial charge in [-0.1, -0.05) is 59.6 Å². The first-order valence-corrected chi connectivity index (χ1v) is 9.23. The van der Waals surface area contributed by atoms with Crippen molar-refractivity contribution in [1.82, 2.24) is 10.2 Å². The zero-order chi connectivity index (χ0) is 19.1. The van der Waals surface area contributed by atoms with Gasteiger partial charge in [0, 0.05) is 28.7 Å². The predicted octanol–water partition coefficient (Wildman–Crippen LogP) is 4.09. The fourth-order valence-corrected chi connectivity index (χ4v) is 3.15. The Hall–Kier alpha value is -2.04. The molecule has 0 aliphatic heterocycles. The zero-order valence-corrected chi connectivity index (χ0v) is 16.3. The molecule has 2 aromatic rings. The largest absolute Gasteiger partial charge is 0.355 e. The molecule has 6 heteroatoms. The summed E-state index contributed by atoms with van der Waals surface area (Å²) in [5.41, 5.74) is 1.52. The number of amides is 2. The van der Waals surface area contributed by atoms with Crippen molar-refractivity contribution in [3.05, 3.63) is 69.7 Å². The van der Waals surface area contributed by atoms with Crippen molar-refractivity contribution in [1.29, 1.82) is 0 Å². The van der Waals surface area contributed by atoms with Gasteiger partial charge in [-0.2, -0.15) is 0 Å². The summed E-state index contributed by atoms with van der Waals surface area (Å²) in [6, 6.07) is 14.0. The summed E-state index contributed by atoms with van der Waals surface area (Å²) in [6.45, 7) is 4.21. The van der Waals surface area contributed by atoms with E-state index in [0.717, 1.165) is 5.56 Å². The molecular weight excluding hydrogens is 371 g/mol. The second-order valence-corrected chi connectivity index (χ2v) is 6.77. The van der Waals surface area contributed by atoms with Crippen LogP contribution in [-0.4, -0.2) is 29.3 Å². The minimum Gasteiger partial charge on any atom is -0.355 e. The van der Waals surface area contributed by atoms with Crippen LogP contribution >= 0.6 is 23.2 Å². The Morgan fingerprint density at radius 1 is 1.04 bits per heavy atom. The molecule has 138 valence electrons. The average molecular weight is 393 g/mol. The Morgan fingerprint density at radius 3 is 2.23 bits per heavy atom. The topological polar surface area (TPSA) is 49.4 Å². The first-order chi connectivity index (χ1) is 12.4.